The zero-order valence-electron chi connectivity index (χ0n) is 10.9. The Labute approximate surface area is 108 Å². The van der Waals surface area contributed by atoms with E-state index in [4.69, 9.17) is 4.74 Å². The number of carbonyl (C=O) groups is 1. The van der Waals surface area contributed by atoms with Crippen molar-refractivity contribution in [3.05, 3.63) is 42.0 Å². The number of benzene rings is 1. The fourth-order valence-electron chi connectivity index (χ4n) is 1.61. The Bertz CT molecular complexity index is 393. The van der Waals surface area contributed by atoms with E-state index in [2.05, 4.69) is 0 Å². The molecule has 98 valence electrons. The zero-order valence-corrected chi connectivity index (χ0v) is 10.9. The summed E-state index contributed by atoms with van der Waals surface area (Å²) in [6, 6.07) is 6.93. The predicted octanol–water partition coefficient (Wildman–Crippen LogP) is 2.99. The van der Waals surface area contributed by atoms with E-state index in [0.717, 1.165) is 12.2 Å². The number of allylic oxidation sites excluding steroid dienone is 1. The maximum atomic E-state index is 11.9. The van der Waals surface area contributed by atoms with Crippen molar-refractivity contribution in [2.45, 2.75) is 32.3 Å². The Hall–Kier alpha value is -1.61. The molecule has 0 spiro atoms. The Balaban J connectivity index is 2.50. The number of Topliss-reactive ketones (excluding diaryl/α,β-unsaturated/α-hetero) is 1. The van der Waals surface area contributed by atoms with Crippen molar-refractivity contribution < 1.29 is 14.6 Å². The fraction of sp³-hybridized carbons (Fsp3) is 0.400. The van der Waals surface area contributed by atoms with Crippen LogP contribution in [0.3, 0.4) is 0 Å². The van der Waals surface area contributed by atoms with E-state index >= 15 is 0 Å². The quantitative estimate of drug-likeness (QED) is 0.596. The molecule has 0 bridgehead atoms. The van der Waals surface area contributed by atoms with E-state index < -0.39 is 6.10 Å². The first-order valence-corrected chi connectivity index (χ1v) is 6.17. The number of ketones is 1. The molecule has 1 rings (SSSR count). The molecule has 18 heavy (non-hydrogen) atoms. The van der Waals surface area contributed by atoms with Gasteiger partial charge in [-0.05, 0) is 37.1 Å². The predicted molar refractivity (Wildman–Crippen MR) is 72.0 cm³/mol. The molecule has 0 amide bonds. The van der Waals surface area contributed by atoms with E-state index in [0.29, 0.717) is 12.0 Å². The minimum Gasteiger partial charge on any atom is -0.497 e. The van der Waals surface area contributed by atoms with Gasteiger partial charge in [0.2, 0.25) is 0 Å². The van der Waals surface area contributed by atoms with Crippen LogP contribution in [0.2, 0.25) is 0 Å². The van der Waals surface area contributed by atoms with Gasteiger partial charge in [-0.1, -0.05) is 19.1 Å². The second-order valence-electron chi connectivity index (χ2n) is 4.12. The average Bonchev–Trinajstić information content (AvgIpc) is 2.39. The van der Waals surface area contributed by atoms with E-state index in [1.165, 1.54) is 0 Å². The maximum absolute atomic E-state index is 11.9. The summed E-state index contributed by atoms with van der Waals surface area (Å²) in [4.78, 5) is 11.9. The minimum atomic E-state index is -0.609. The normalized spacial score (nSPS) is 12.6. The third-order valence-electron chi connectivity index (χ3n) is 2.64. The number of aliphatic hydroxyl groups is 1. The summed E-state index contributed by atoms with van der Waals surface area (Å²) in [6.45, 7) is 2.03. The summed E-state index contributed by atoms with van der Waals surface area (Å²) in [7, 11) is 1.58. The third-order valence-corrected chi connectivity index (χ3v) is 2.64. The van der Waals surface area contributed by atoms with Gasteiger partial charge in [0.1, 0.15) is 5.75 Å². The van der Waals surface area contributed by atoms with Crippen molar-refractivity contribution in [2.24, 2.45) is 0 Å². The van der Waals surface area contributed by atoms with Crippen molar-refractivity contribution >= 4 is 5.78 Å². The summed E-state index contributed by atoms with van der Waals surface area (Å²) >= 11 is 0. The molecule has 1 unspecified atom stereocenters. The van der Waals surface area contributed by atoms with Crippen LogP contribution in [0.4, 0.5) is 0 Å². The van der Waals surface area contributed by atoms with Gasteiger partial charge in [0.05, 0.1) is 13.2 Å². The molecule has 0 aliphatic carbocycles. The van der Waals surface area contributed by atoms with Gasteiger partial charge in [0.15, 0.2) is 5.78 Å². The van der Waals surface area contributed by atoms with Crippen molar-refractivity contribution in [1.29, 1.82) is 0 Å². The molecule has 3 heteroatoms. The zero-order chi connectivity index (χ0) is 13.4. The summed E-state index contributed by atoms with van der Waals surface area (Å²) in [5.74, 6) is 0.674. The van der Waals surface area contributed by atoms with E-state index in [1.807, 2.05) is 19.1 Å². The molecule has 1 atom stereocenters. The molecule has 3 nitrogen and oxygen atoms in total. The topological polar surface area (TPSA) is 46.5 Å². The molecular weight excluding hydrogens is 228 g/mol. The average molecular weight is 248 g/mol. The van der Waals surface area contributed by atoms with Gasteiger partial charge in [0, 0.05) is 12.0 Å². The highest BCUT2D eigenvalue weighted by Crippen LogP contribution is 2.14. The SMILES string of the molecule is CC/C=C/CC(O)CC(=O)c1ccc(OC)cc1. The minimum absolute atomic E-state index is 0.0462. The number of hydrogen-bond donors (Lipinski definition) is 1. The van der Waals surface area contributed by atoms with Crippen LogP contribution in [-0.4, -0.2) is 24.1 Å². The van der Waals surface area contributed by atoms with Gasteiger partial charge in [-0.25, -0.2) is 0 Å². The van der Waals surface area contributed by atoms with Gasteiger partial charge in [-0.15, -0.1) is 0 Å². The molecule has 0 aromatic heterocycles. The van der Waals surface area contributed by atoms with Crippen LogP contribution in [0.15, 0.2) is 36.4 Å². The van der Waals surface area contributed by atoms with Crippen molar-refractivity contribution in [3.8, 4) is 5.75 Å². The Morgan fingerprint density at radius 1 is 1.33 bits per heavy atom. The van der Waals surface area contributed by atoms with E-state index in [1.54, 1.807) is 31.4 Å². The molecule has 0 aliphatic rings. The maximum Gasteiger partial charge on any atom is 0.165 e. The van der Waals surface area contributed by atoms with Gasteiger partial charge < -0.3 is 9.84 Å². The Morgan fingerprint density at radius 3 is 2.56 bits per heavy atom. The summed E-state index contributed by atoms with van der Waals surface area (Å²) < 4.78 is 5.03. The molecule has 0 saturated carbocycles. The monoisotopic (exact) mass is 248 g/mol. The van der Waals surface area contributed by atoms with Crippen LogP contribution < -0.4 is 4.74 Å². The van der Waals surface area contributed by atoms with Crippen LogP contribution in [0.1, 0.15) is 36.5 Å². The molecule has 0 aliphatic heterocycles. The van der Waals surface area contributed by atoms with Crippen LogP contribution in [0.5, 0.6) is 5.75 Å². The van der Waals surface area contributed by atoms with Crippen LogP contribution >= 0.6 is 0 Å². The number of rotatable bonds is 7. The van der Waals surface area contributed by atoms with E-state index in [9.17, 15) is 9.90 Å². The van der Waals surface area contributed by atoms with Gasteiger partial charge in [-0.3, -0.25) is 4.79 Å². The van der Waals surface area contributed by atoms with Crippen molar-refractivity contribution in [3.63, 3.8) is 0 Å². The number of methoxy groups -OCH3 is 1. The van der Waals surface area contributed by atoms with Gasteiger partial charge in [0.25, 0.3) is 0 Å². The van der Waals surface area contributed by atoms with Gasteiger partial charge >= 0.3 is 0 Å². The highest BCUT2D eigenvalue weighted by molar-refractivity contribution is 5.96. The largest absolute Gasteiger partial charge is 0.497 e. The molecule has 0 saturated heterocycles. The Morgan fingerprint density at radius 2 is 2.00 bits per heavy atom. The summed E-state index contributed by atoms with van der Waals surface area (Å²) in [5, 5.41) is 9.71. The summed E-state index contributed by atoms with van der Waals surface area (Å²) in [6.07, 6.45) is 4.91. The first-order chi connectivity index (χ1) is 8.67. The molecule has 1 N–H and O–H groups in total. The molecule has 1 aromatic rings. The van der Waals surface area contributed by atoms with Crippen LogP contribution in [-0.2, 0) is 0 Å². The van der Waals surface area contributed by atoms with Crippen molar-refractivity contribution in [2.75, 3.05) is 7.11 Å². The molecule has 0 radical (unpaired) electrons. The lowest BCUT2D eigenvalue weighted by Gasteiger charge is -2.07. The molecule has 0 fully saturated rings. The second-order valence-corrected chi connectivity index (χ2v) is 4.12. The molecule has 0 heterocycles. The highest BCUT2D eigenvalue weighted by atomic mass is 16.5. The summed E-state index contributed by atoms with van der Waals surface area (Å²) in [5.41, 5.74) is 0.606. The van der Waals surface area contributed by atoms with Crippen LogP contribution in [0.25, 0.3) is 0 Å². The fourth-order valence-corrected chi connectivity index (χ4v) is 1.61. The van der Waals surface area contributed by atoms with Crippen LogP contribution in [0, 0.1) is 0 Å². The number of aliphatic hydroxyl groups excluding tert-OH is 1. The smallest absolute Gasteiger partial charge is 0.165 e. The van der Waals surface area contributed by atoms with Gasteiger partial charge in [-0.2, -0.15) is 0 Å². The lowest BCUT2D eigenvalue weighted by Crippen LogP contribution is -2.12. The number of hydrogen-bond acceptors (Lipinski definition) is 3. The second kappa shape index (κ2) is 7.67. The highest BCUT2D eigenvalue weighted by Gasteiger charge is 2.11. The van der Waals surface area contributed by atoms with Crippen molar-refractivity contribution in [1.82, 2.24) is 0 Å². The first-order valence-electron chi connectivity index (χ1n) is 6.17. The Kier molecular flexibility index (Phi) is 6.15. The number of ether oxygens (including phenoxy) is 1. The van der Waals surface area contributed by atoms with E-state index in [-0.39, 0.29) is 12.2 Å². The number of carbonyl (C=O) groups excluding carboxylic acids is 1. The first kappa shape index (κ1) is 14.5. The lowest BCUT2D eigenvalue weighted by atomic mass is 10.0. The lowest BCUT2D eigenvalue weighted by molar-refractivity contribution is 0.0884. The molecular formula is C15H20O3. The third kappa shape index (κ3) is 4.72. The molecule has 1 aromatic carbocycles. The standard InChI is InChI=1S/C15H20O3/c1-3-4-5-6-13(16)11-15(17)12-7-9-14(18-2)10-8-12/h4-5,7-10,13,16H,3,6,11H2,1-2H3/b5-4+.